The number of carbonyl (C=O) groups excluding carboxylic acids is 1. The number of hydrogen-bond donors (Lipinski definition) is 3. The minimum Gasteiger partial charge on any atom is -0.336 e. The highest BCUT2D eigenvalue weighted by Gasteiger charge is 2.19. The molecular weight excluding hydrogens is 410 g/mol. The number of amides is 2. The Morgan fingerprint density at radius 2 is 1.81 bits per heavy atom. The molecule has 2 aromatic rings. The van der Waals surface area contributed by atoms with Gasteiger partial charge in [0.2, 0.25) is 10.0 Å². The lowest BCUT2D eigenvalue weighted by atomic mass is 9.85. The summed E-state index contributed by atoms with van der Waals surface area (Å²) in [5.74, 6) is 0.697. The van der Waals surface area contributed by atoms with Crippen molar-refractivity contribution in [3.05, 3.63) is 53.6 Å². The number of primary sulfonamides is 1. The fourth-order valence-electron chi connectivity index (χ4n) is 4.47. The molecule has 168 valence electrons. The summed E-state index contributed by atoms with van der Waals surface area (Å²) in [5, 5.41) is 11.4. The van der Waals surface area contributed by atoms with Gasteiger partial charge in [0.05, 0.1) is 4.90 Å². The van der Waals surface area contributed by atoms with Gasteiger partial charge in [-0.3, -0.25) is 0 Å². The van der Waals surface area contributed by atoms with Crippen molar-refractivity contribution in [2.45, 2.75) is 69.9 Å². The molecule has 1 aliphatic carbocycles. The van der Waals surface area contributed by atoms with Gasteiger partial charge < -0.3 is 10.6 Å². The van der Waals surface area contributed by atoms with E-state index in [2.05, 4.69) is 10.6 Å². The topological polar surface area (TPSA) is 101 Å². The maximum atomic E-state index is 12.5. The van der Waals surface area contributed by atoms with Crippen molar-refractivity contribution in [2.24, 2.45) is 11.1 Å². The Morgan fingerprint density at radius 3 is 2.52 bits per heavy atom. The Bertz CT molecular complexity index is 1010. The maximum absolute atomic E-state index is 12.5. The molecule has 3 rings (SSSR count). The van der Waals surface area contributed by atoms with Crippen LogP contribution in [0.5, 0.6) is 0 Å². The summed E-state index contributed by atoms with van der Waals surface area (Å²) in [7, 11) is -3.88. The van der Waals surface area contributed by atoms with Crippen LogP contribution < -0.4 is 15.8 Å². The van der Waals surface area contributed by atoms with Gasteiger partial charge in [-0.1, -0.05) is 74.1 Å². The highest BCUT2D eigenvalue weighted by atomic mass is 32.2. The van der Waals surface area contributed by atoms with Crippen LogP contribution in [-0.4, -0.2) is 20.5 Å². The second-order valence-electron chi connectivity index (χ2n) is 8.67. The third-order valence-electron chi connectivity index (χ3n) is 5.98. The SMILES string of the molecule is Cc1ccc(S(N)(=O)=O)c(-c2ccccc2CNC(=O)NC(C)CC2CCCCC2)c1. The van der Waals surface area contributed by atoms with Gasteiger partial charge >= 0.3 is 6.03 Å². The molecule has 2 amide bonds. The molecule has 4 N–H and O–H groups in total. The van der Waals surface area contributed by atoms with Crippen LogP contribution >= 0.6 is 0 Å². The van der Waals surface area contributed by atoms with Crippen LogP contribution in [0.2, 0.25) is 0 Å². The highest BCUT2D eigenvalue weighted by molar-refractivity contribution is 7.89. The molecule has 0 heterocycles. The van der Waals surface area contributed by atoms with Crippen molar-refractivity contribution < 1.29 is 13.2 Å². The summed E-state index contributed by atoms with van der Waals surface area (Å²) in [6, 6.07) is 12.4. The molecule has 1 fully saturated rings. The smallest absolute Gasteiger partial charge is 0.315 e. The summed E-state index contributed by atoms with van der Waals surface area (Å²) >= 11 is 0. The number of hydrogen-bond acceptors (Lipinski definition) is 3. The van der Waals surface area contributed by atoms with Crippen LogP contribution in [0.4, 0.5) is 4.79 Å². The Hall–Kier alpha value is -2.38. The molecule has 0 bridgehead atoms. The van der Waals surface area contributed by atoms with E-state index >= 15 is 0 Å². The molecule has 1 saturated carbocycles. The third-order valence-corrected chi connectivity index (χ3v) is 6.95. The summed E-state index contributed by atoms with van der Waals surface area (Å²) in [6.45, 7) is 4.24. The standard InChI is InChI=1S/C24H33N3O3S/c1-17-12-13-23(31(25,29)30)22(14-17)21-11-7-6-10-20(21)16-26-24(28)27-18(2)15-19-8-4-3-5-9-19/h6-7,10-14,18-19H,3-5,8-9,15-16H2,1-2H3,(H2,25,29,30)(H2,26,27,28). The second kappa shape index (κ2) is 10.3. The van der Waals surface area contributed by atoms with Crippen molar-refractivity contribution >= 4 is 16.1 Å². The number of sulfonamides is 1. The highest BCUT2D eigenvalue weighted by Crippen LogP contribution is 2.31. The maximum Gasteiger partial charge on any atom is 0.315 e. The van der Waals surface area contributed by atoms with E-state index < -0.39 is 10.0 Å². The first-order valence-electron chi connectivity index (χ1n) is 11.0. The molecule has 6 nitrogen and oxygen atoms in total. The van der Waals surface area contributed by atoms with E-state index in [9.17, 15) is 13.2 Å². The van der Waals surface area contributed by atoms with Gasteiger partial charge in [0.15, 0.2) is 0 Å². The quantitative estimate of drug-likeness (QED) is 0.588. The van der Waals surface area contributed by atoms with Gasteiger partial charge in [0.1, 0.15) is 0 Å². The molecule has 2 aromatic carbocycles. The lowest BCUT2D eigenvalue weighted by Crippen LogP contribution is -2.41. The number of urea groups is 1. The van der Waals surface area contributed by atoms with Gasteiger partial charge in [-0.05, 0) is 43.4 Å². The molecule has 0 aromatic heterocycles. The van der Waals surface area contributed by atoms with Gasteiger partial charge in [-0.2, -0.15) is 0 Å². The van der Waals surface area contributed by atoms with E-state index in [0.29, 0.717) is 11.5 Å². The predicted molar refractivity (Wildman–Crippen MR) is 124 cm³/mol. The fraction of sp³-hybridized carbons (Fsp3) is 0.458. The summed E-state index contributed by atoms with van der Waals surface area (Å²) in [6.07, 6.45) is 7.42. The zero-order valence-electron chi connectivity index (χ0n) is 18.4. The van der Waals surface area contributed by atoms with Crippen LogP contribution in [-0.2, 0) is 16.6 Å². The average molecular weight is 444 g/mol. The molecule has 31 heavy (non-hydrogen) atoms. The molecular formula is C24H33N3O3S. The number of aryl methyl sites for hydroxylation is 1. The average Bonchev–Trinajstić information content (AvgIpc) is 2.72. The summed E-state index contributed by atoms with van der Waals surface area (Å²) < 4.78 is 24.2. The van der Waals surface area contributed by atoms with Crippen molar-refractivity contribution in [1.82, 2.24) is 10.6 Å². The number of rotatable bonds is 7. The van der Waals surface area contributed by atoms with Gasteiger partial charge in [-0.15, -0.1) is 0 Å². The van der Waals surface area contributed by atoms with Crippen LogP contribution in [0.3, 0.4) is 0 Å². The number of nitrogens with two attached hydrogens (primary N) is 1. The van der Waals surface area contributed by atoms with E-state index in [1.165, 1.54) is 38.2 Å². The molecule has 0 saturated heterocycles. The van der Waals surface area contributed by atoms with E-state index in [1.807, 2.05) is 44.2 Å². The lowest BCUT2D eigenvalue weighted by Gasteiger charge is -2.25. The zero-order chi connectivity index (χ0) is 22.4. The fourth-order valence-corrected chi connectivity index (χ4v) is 5.20. The minimum atomic E-state index is -3.88. The molecule has 1 atom stereocenters. The molecule has 1 aliphatic rings. The first-order valence-corrected chi connectivity index (χ1v) is 12.5. The Labute approximate surface area is 185 Å². The third kappa shape index (κ3) is 6.55. The monoisotopic (exact) mass is 443 g/mol. The normalized spacial score (nSPS) is 16.0. The van der Waals surface area contributed by atoms with Gasteiger partial charge in [0, 0.05) is 18.2 Å². The largest absolute Gasteiger partial charge is 0.336 e. The van der Waals surface area contributed by atoms with Crippen molar-refractivity contribution in [2.75, 3.05) is 0 Å². The molecule has 0 spiro atoms. The van der Waals surface area contributed by atoms with Crippen LogP contribution in [0.25, 0.3) is 11.1 Å². The van der Waals surface area contributed by atoms with Crippen LogP contribution in [0, 0.1) is 12.8 Å². The zero-order valence-corrected chi connectivity index (χ0v) is 19.2. The van der Waals surface area contributed by atoms with E-state index in [4.69, 9.17) is 5.14 Å². The number of benzene rings is 2. The van der Waals surface area contributed by atoms with E-state index in [1.54, 1.807) is 6.07 Å². The lowest BCUT2D eigenvalue weighted by molar-refractivity contribution is 0.232. The van der Waals surface area contributed by atoms with E-state index in [0.717, 1.165) is 23.1 Å². The summed E-state index contributed by atoms with van der Waals surface area (Å²) in [4.78, 5) is 12.5. The first-order chi connectivity index (χ1) is 14.7. The summed E-state index contributed by atoms with van der Waals surface area (Å²) in [5.41, 5.74) is 3.05. The van der Waals surface area contributed by atoms with Crippen molar-refractivity contribution in [1.29, 1.82) is 0 Å². The van der Waals surface area contributed by atoms with Crippen LogP contribution in [0.15, 0.2) is 47.4 Å². The Balaban J connectivity index is 1.69. The van der Waals surface area contributed by atoms with Crippen molar-refractivity contribution in [3.8, 4) is 11.1 Å². The minimum absolute atomic E-state index is 0.0797. The number of nitrogens with one attached hydrogen (secondary N) is 2. The molecule has 1 unspecified atom stereocenters. The van der Waals surface area contributed by atoms with E-state index in [-0.39, 0.29) is 23.5 Å². The predicted octanol–water partition coefficient (Wildman–Crippen LogP) is 4.47. The van der Waals surface area contributed by atoms with Crippen molar-refractivity contribution in [3.63, 3.8) is 0 Å². The van der Waals surface area contributed by atoms with Crippen LogP contribution in [0.1, 0.15) is 56.6 Å². The Kier molecular flexibility index (Phi) is 7.73. The first kappa shape index (κ1) is 23.3. The number of carbonyl (C=O) groups is 1. The Morgan fingerprint density at radius 1 is 1.10 bits per heavy atom. The molecule has 7 heteroatoms. The molecule has 0 aliphatic heterocycles. The van der Waals surface area contributed by atoms with Gasteiger partial charge in [-0.25, -0.2) is 18.4 Å². The molecule has 0 radical (unpaired) electrons. The van der Waals surface area contributed by atoms with Gasteiger partial charge in [0.25, 0.3) is 0 Å². The second-order valence-corrected chi connectivity index (χ2v) is 10.2.